The molecule has 5 rings (SSSR count). The van der Waals surface area contributed by atoms with Crippen LogP contribution in [0.4, 0.5) is 0 Å². The zero-order valence-corrected chi connectivity index (χ0v) is 20.5. The van der Waals surface area contributed by atoms with Crippen LogP contribution in [-0.2, 0) is 13.6 Å². The molecule has 0 aliphatic carbocycles. The summed E-state index contributed by atoms with van der Waals surface area (Å²) in [6.45, 7) is 6.71. The van der Waals surface area contributed by atoms with Gasteiger partial charge in [-0.25, -0.2) is 0 Å². The van der Waals surface area contributed by atoms with E-state index in [1.54, 1.807) is 29.2 Å². The molecule has 2 aromatic heterocycles. The summed E-state index contributed by atoms with van der Waals surface area (Å²) < 4.78 is 8.13. The Bertz CT molecular complexity index is 1240. The van der Waals surface area contributed by atoms with Crippen molar-refractivity contribution in [2.75, 3.05) is 13.1 Å². The number of amides is 1. The van der Waals surface area contributed by atoms with Gasteiger partial charge in [-0.1, -0.05) is 0 Å². The lowest BCUT2D eigenvalue weighted by Crippen LogP contribution is -2.52. The molecular weight excluding hydrogens is 442 g/mol. The van der Waals surface area contributed by atoms with E-state index in [0.29, 0.717) is 41.6 Å². The number of aryl methyl sites for hydroxylation is 1. The maximum atomic E-state index is 13.1. The summed E-state index contributed by atoms with van der Waals surface area (Å²) in [5.74, 6) is 0.586. The summed E-state index contributed by atoms with van der Waals surface area (Å²) >= 11 is 0. The number of hydrogen-bond donors (Lipinski definition) is 1. The summed E-state index contributed by atoms with van der Waals surface area (Å²) in [6, 6.07) is 9.73. The predicted molar refractivity (Wildman–Crippen MR) is 132 cm³/mol. The molecule has 0 bridgehead atoms. The van der Waals surface area contributed by atoms with E-state index in [0.717, 1.165) is 37.1 Å². The van der Waals surface area contributed by atoms with Crippen molar-refractivity contribution in [1.29, 1.82) is 0 Å². The van der Waals surface area contributed by atoms with Crippen molar-refractivity contribution in [3.63, 3.8) is 0 Å². The Morgan fingerprint density at radius 1 is 1.17 bits per heavy atom. The maximum absolute atomic E-state index is 13.1. The molecule has 0 saturated carbocycles. The Balaban J connectivity index is 1.27. The van der Waals surface area contributed by atoms with E-state index in [1.165, 1.54) is 0 Å². The van der Waals surface area contributed by atoms with Gasteiger partial charge >= 0.3 is 0 Å². The number of Topliss-reactive ketones (excluding diaryl/α,β-unsaturated/α-hetero) is 1. The van der Waals surface area contributed by atoms with Crippen molar-refractivity contribution in [3.05, 3.63) is 65.6 Å². The third kappa shape index (κ3) is 4.84. The Morgan fingerprint density at radius 2 is 1.97 bits per heavy atom. The minimum Gasteiger partial charge on any atom is -0.486 e. The van der Waals surface area contributed by atoms with E-state index in [9.17, 15) is 9.59 Å². The number of carbonyl (C=O) groups is 2. The van der Waals surface area contributed by atoms with Crippen molar-refractivity contribution < 1.29 is 14.3 Å². The van der Waals surface area contributed by atoms with Gasteiger partial charge in [0.15, 0.2) is 5.78 Å². The second-order valence-electron chi connectivity index (χ2n) is 9.86. The van der Waals surface area contributed by atoms with E-state index in [4.69, 9.17) is 4.74 Å². The average Bonchev–Trinajstić information content (AvgIpc) is 3.28. The van der Waals surface area contributed by atoms with Crippen LogP contribution in [0.25, 0.3) is 11.3 Å². The van der Waals surface area contributed by atoms with E-state index in [1.807, 2.05) is 31.4 Å². The third-order valence-corrected chi connectivity index (χ3v) is 7.06. The van der Waals surface area contributed by atoms with Crippen LogP contribution in [0.3, 0.4) is 0 Å². The number of fused-ring (bicyclic) bond motifs is 1. The smallest absolute Gasteiger partial charge is 0.253 e. The van der Waals surface area contributed by atoms with E-state index < -0.39 is 0 Å². The minimum atomic E-state index is -0.389. The van der Waals surface area contributed by atoms with Gasteiger partial charge in [0, 0.05) is 69.1 Å². The van der Waals surface area contributed by atoms with Crippen LogP contribution in [0.1, 0.15) is 59.4 Å². The van der Waals surface area contributed by atoms with E-state index >= 15 is 0 Å². The van der Waals surface area contributed by atoms with Crippen molar-refractivity contribution in [1.82, 2.24) is 25.0 Å². The van der Waals surface area contributed by atoms with Crippen LogP contribution in [0.5, 0.6) is 5.75 Å². The largest absolute Gasteiger partial charge is 0.486 e. The maximum Gasteiger partial charge on any atom is 0.253 e. The van der Waals surface area contributed by atoms with Gasteiger partial charge in [0.05, 0.1) is 29.4 Å². The summed E-state index contributed by atoms with van der Waals surface area (Å²) in [5.41, 5.74) is 3.16. The van der Waals surface area contributed by atoms with E-state index in [-0.39, 0.29) is 17.3 Å². The van der Waals surface area contributed by atoms with Crippen LogP contribution in [0.2, 0.25) is 0 Å². The summed E-state index contributed by atoms with van der Waals surface area (Å²) in [5, 5.41) is 6.98. The number of hydrogen-bond acceptors (Lipinski definition) is 6. The molecule has 1 spiro atoms. The molecule has 1 N–H and O–H groups in total. The molecule has 1 fully saturated rings. The first kappa shape index (κ1) is 23.2. The summed E-state index contributed by atoms with van der Waals surface area (Å²) in [6.07, 6.45) is 7.29. The molecule has 3 aromatic rings. The second-order valence-corrected chi connectivity index (χ2v) is 9.86. The Labute approximate surface area is 205 Å². The molecule has 0 atom stereocenters. The highest BCUT2D eigenvalue weighted by Crippen LogP contribution is 2.40. The fourth-order valence-electron chi connectivity index (χ4n) is 4.93. The molecule has 1 aromatic carbocycles. The molecule has 8 nitrogen and oxygen atoms in total. The number of piperidine rings is 1. The molecule has 8 heteroatoms. The number of ether oxygens (including phenoxy) is 1. The number of carbonyl (C=O) groups excluding carboxylic acids is 2. The molecular formula is C27H31N5O3. The highest BCUT2D eigenvalue weighted by atomic mass is 16.5. The molecule has 1 saturated heterocycles. The van der Waals surface area contributed by atoms with Gasteiger partial charge < -0.3 is 15.0 Å². The SMILES string of the molecule is CC(C)N1CCC2(CC1)CC(=O)c1cc(-c3ccc(C(=O)NCc4cnn(C)c4)cn3)ccc1O2. The molecule has 0 radical (unpaired) electrons. The first-order chi connectivity index (χ1) is 16.8. The molecule has 2 aliphatic heterocycles. The van der Waals surface area contributed by atoms with Gasteiger partial charge in [0.1, 0.15) is 11.4 Å². The first-order valence-corrected chi connectivity index (χ1v) is 12.1. The quantitative estimate of drug-likeness (QED) is 0.609. The van der Waals surface area contributed by atoms with Gasteiger partial charge in [0.2, 0.25) is 0 Å². The second kappa shape index (κ2) is 9.26. The fraction of sp³-hybridized carbons (Fsp3) is 0.407. The molecule has 2 aliphatic rings. The highest BCUT2D eigenvalue weighted by Gasteiger charge is 2.43. The molecule has 182 valence electrons. The fourth-order valence-corrected chi connectivity index (χ4v) is 4.93. The van der Waals surface area contributed by atoms with Crippen LogP contribution in [-0.4, -0.2) is 56.1 Å². The van der Waals surface area contributed by atoms with Crippen LogP contribution >= 0.6 is 0 Å². The normalized spacial score (nSPS) is 17.3. The Morgan fingerprint density at radius 3 is 2.63 bits per heavy atom. The van der Waals surface area contributed by atoms with E-state index in [2.05, 4.69) is 34.1 Å². The van der Waals surface area contributed by atoms with Crippen molar-refractivity contribution in [2.24, 2.45) is 7.05 Å². The standard InChI is InChI=1S/C27H31N5O3/c1-18(2)32-10-8-27(9-11-32)13-24(33)22-12-20(5-7-25(22)35-27)23-6-4-21(16-28-23)26(34)29-14-19-15-30-31(3)17-19/h4-7,12,15-18H,8-11,13-14H2,1-3H3,(H,29,34). The first-order valence-electron chi connectivity index (χ1n) is 12.1. The lowest BCUT2D eigenvalue weighted by Gasteiger charge is -2.45. The topological polar surface area (TPSA) is 89.4 Å². The minimum absolute atomic E-state index is 0.123. The number of pyridine rings is 1. The Hall–Kier alpha value is -3.52. The Kier molecular flexibility index (Phi) is 6.15. The molecule has 35 heavy (non-hydrogen) atoms. The number of benzene rings is 1. The van der Waals surface area contributed by atoms with Crippen LogP contribution in [0, 0.1) is 0 Å². The van der Waals surface area contributed by atoms with Gasteiger partial charge in [-0.3, -0.25) is 19.3 Å². The third-order valence-electron chi connectivity index (χ3n) is 7.06. The van der Waals surface area contributed by atoms with Crippen molar-refractivity contribution in [2.45, 2.75) is 51.3 Å². The number of aromatic nitrogens is 3. The average molecular weight is 474 g/mol. The van der Waals surface area contributed by atoms with Gasteiger partial charge in [0.25, 0.3) is 5.91 Å². The summed E-state index contributed by atoms with van der Waals surface area (Å²) in [4.78, 5) is 32.5. The lowest BCUT2D eigenvalue weighted by molar-refractivity contribution is -0.0153. The summed E-state index contributed by atoms with van der Waals surface area (Å²) in [7, 11) is 1.84. The monoisotopic (exact) mass is 473 g/mol. The molecule has 0 unspecified atom stereocenters. The predicted octanol–water partition coefficient (Wildman–Crippen LogP) is 3.62. The number of nitrogens with one attached hydrogen (secondary N) is 1. The number of likely N-dealkylation sites (tertiary alicyclic amines) is 1. The number of ketones is 1. The highest BCUT2D eigenvalue weighted by molar-refractivity contribution is 6.01. The zero-order chi connectivity index (χ0) is 24.6. The molecule has 4 heterocycles. The van der Waals surface area contributed by atoms with Gasteiger partial charge in [-0.15, -0.1) is 0 Å². The van der Waals surface area contributed by atoms with Crippen molar-refractivity contribution >= 4 is 11.7 Å². The van der Waals surface area contributed by atoms with Crippen LogP contribution < -0.4 is 10.1 Å². The lowest BCUT2D eigenvalue weighted by atomic mass is 9.82. The van der Waals surface area contributed by atoms with Crippen molar-refractivity contribution in [3.8, 4) is 17.0 Å². The number of rotatable bonds is 5. The zero-order valence-electron chi connectivity index (χ0n) is 20.5. The van der Waals surface area contributed by atoms with Crippen LogP contribution in [0.15, 0.2) is 48.9 Å². The van der Waals surface area contributed by atoms with Gasteiger partial charge in [-0.05, 0) is 44.2 Å². The molecule has 1 amide bonds. The number of nitrogens with zero attached hydrogens (tertiary/aromatic N) is 4. The van der Waals surface area contributed by atoms with Gasteiger partial charge in [-0.2, -0.15) is 5.10 Å².